The van der Waals surface area contributed by atoms with Crippen molar-refractivity contribution in [3.05, 3.63) is 47.0 Å². The Morgan fingerprint density at radius 3 is 2.78 bits per heavy atom. The van der Waals surface area contributed by atoms with Gasteiger partial charge in [-0.15, -0.1) is 0 Å². The number of nitrogens with zero attached hydrogens (tertiary/aromatic N) is 3. The van der Waals surface area contributed by atoms with Crippen molar-refractivity contribution in [2.24, 2.45) is 7.05 Å². The Morgan fingerprint density at radius 2 is 2.17 bits per heavy atom. The number of hydrogen-bond acceptors (Lipinski definition) is 3. The fourth-order valence-electron chi connectivity index (χ4n) is 1.98. The SMILES string of the molecule is CCNC(Cc1ncnn1C)c1ccccc1Cl. The molecule has 1 N–H and O–H groups in total. The monoisotopic (exact) mass is 264 g/mol. The standard InChI is InChI=1S/C13H17ClN4/c1-3-15-12(8-13-16-9-17-18(13)2)10-6-4-5-7-11(10)14/h4-7,9,12,15H,3,8H2,1-2H3. The minimum absolute atomic E-state index is 0.159. The topological polar surface area (TPSA) is 42.7 Å². The molecule has 0 radical (unpaired) electrons. The average Bonchev–Trinajstić information content (AvgIpc) is 2.75. The Hall–Kier alpha value is -1.39. The number of rotatable bonds is 5. The van der Waals surface area contributed by atoms with Crippen LogP contribution in [0.1, 0.15) is 24.4 Å². The Morgan fingerprint density at radius 1 is 1.39 bits per heavy atom. The quantitative estimate of drug-likeness (QED) is 0.902. The number of aromatic nitrogens is 3. The lowest BCUT2D eigenvalue weighted by Gasteiger charge is -2.19. The maximum atomic E-state index is 6.25. The van der Waals surface area contributed by atoms with Gasteiger partial charge >= 0.3 is 0 Å². The molecule has 5 heteroatoms. The van der Waals surface area contributed by atoms with Gasteiger partial charge in [-0.05, 0) is 18.2 Å². The molecule has 0 aliphatic heterocycles. The molecule has 0 spiro atoms. The van der Waals surface area contributed by atoms with E-state index in [2.05, 4.69) is 22.3 Å². The molecule has 4 nitrogen and oxygen atoms in total. The van der Waals surface area contributed by atoms with E-state index in [0.29, 0.717) is 0 Å². The van der Waals surface area contributed by atoms with Gasteiger partial charge in [-0.2, -0.15) is 5.10 Å². The van der Waals surface area contributed by atoms with Crippen molar-refractivity contribution in [1.29, 1.82) is 0 Å². The number of aryl methyl sites for hydroxylation is 1. The van der Waals surface area contributed by atoms with Crippen molar-refractivity contribution in [2.45, 2.75) is 19.4 Å². The molecule has 0 aliphatic rings. The molecular formula is C13H17ClN4. The lowest BCUT2D eigenvalue weighted by atomic mass is 10.0. The van der Waals surface area contributed by atoms with Gasteiger partial charge in [0.05, 0.1) is 0 Å². The van der Waals surface area contributed by atoms with Crippen molar-refractivity contribution in [3.63, 3.8) is 0 Å². The third kappa shape index (κ3) is 2.89. The minimum Gasteiger partial charge on any atom is -0.310 e. The summed E-state index contributed by atoms with van der Waals surface area (Å²) in [6.45, 7) is 2.97. The van der Waals surface area contributed by atoms with E-state index in [-0.39, 0.29) is 6.04 Å². The Kier molecular flexibility index (Phi) is 4.33. The van der Waals surface area contributed by atoms with E-state index in [1.54, 1.807) is 11.0 Å². The molecule has 0 saturated heterocycles. The van der Waals surface area contributed by atoms with Crippen LogP contribution in [-0.4, -0.2) is 21.3 Å². The van der Waals surface area contributed by atoms with Gasteiger partial charge in [0.25, 0.3) is 0 Å². The van der Waals surface area contributed by atoms with Gasteiger partial charge in [0.15, 0.2) is 0 Å². The summed E-state index contributed by atoms with van der Waals surface area (Å²) >= 11 is 6.25. The average molecular weight is 265 g/mol. The maximum Gasteiger partial charge on any atom is 0.138 e. The van der Waals surface area contributed by atoms with E-state index in [9.17, 15) is 0 Å². The van der Waals surface area contributed by atoms with Crippen molar-refractivity contribution < 1.29 is 0 Å². The molecule has 0 saturated carbocycles. The molecule has 1 atom stereocenters. The highest BCUT2D eigenvalue weighted by Crippen LogP contribution is 2.24. The smallest absolute Gasteiger partial charge is 0.138 e. The number of nitrogens with one attached hydrogen (secondary N) is 1. The highest BCUT2D eigenvalue weighted by molar-refractivity contribution is 6.31. The van der Waals surface area contributed by atoms with E-state index in [0.717, 1.165) is 29.4 Å². The molecule has 2 aromatic rings. The Balaban J connectivity index is 2.24. The van der Waals surface area contributed by atoms with Crippen LogP contribution in [0.15, 0.2) is 30.6 Å². The maximum absolute atomic E-state index is 6.25. The predicted molar refractivity (Wildman–Crippen MR) is 72.6 cm³/mol. The van der Waals surface area contributed by atoms with Gasteiger partial charge in [0.2, 0.25) is 0 Å². The zero-order chi connectivity index (χ0) is 13.0. The largest absolute Gasteiger partial charge is 0.310 e. The molecule has 1 unspecified atom stereocenters. The van der Waals surface area contributed by atoms with Gasteiger partial charge in [-0.3, -0.25) is 4.68 Å². The van der Waals surface area contributed by atoms with Crippen LogP contribution >= 0.6 is 11.6 Å². The lowest BCUT2D eigenvalue weighted by Crippen LogP contribution is -2.24. The molecule has 2 rings (SSSR count). The normalized spacial score (nSPS) is 12.6. The molecule has 96 valence electrons. The van der Waals surface area contributed by atoms with E-state index < -0.39 is 0 Å². The second-order valence-electron chi connectivity index (χ2n) is 4.14. The third-order valence-electron chi connectivity index (χ3n) is 2.92. The zero-order valence-electron chi connectivity index (χ0n) is 10.6. The van der Waals surface area contributed by atoms with Crippen molar-refractivity contribution in [2.75, 3.05) is 6.54 Å². The van der Waals surface area contributed by atoms with Crippen LogP contribution in [0.25, 0.3) is 0 Å². The second-order valence-corrected chi connectivity index (χ2v) is 4.54. The van der Waals surface area contributed by atoms with E-state index in [1.165, 1.54) is 0 Å². The molecule has 0 bridgehead atoms. The highest BCUT2D eigenvalue weighted by atomic mass is 35.5. The molecule has 0 amide bonds. The van der Waals surface area contributed by atoms with Gasteiger partial charge in [-0.1, -0.05) is 36.7 Å². The van der Waals surface area contributed by atoms with E-state index in [1.807, 2.05) is 31.3 Å². The Bertz CT molecular complexity index is 509. The summed E-state index contributed by atoms with van der Waals surface area (Å²) in [5.74, 6) is 0.945. The van der Waals surface area contributed by atoms with Crippen LogP contribution in [0.5, 0.6) is 0 Å². The molecule has 0 aliphatic carbocycles. The Labute approximate surface area is 112 Å². The fraction of sp³-hybridized carbons (Fsp3) is 0.385. The van der Waals surface area contributed by atoms with Crippen LogP contribution in [0.2, 0.25) is 5.02 Å². The van der Waals surface area contributed by atoms with Crippen molar-refractivity contribution in [1.82, 2.24) is 20.1 Å². The fourth-order valence-corrected chi connectivity index (χ4v) is 2.25. The summed E-state index contributed by atoms with van der Waals surface area (Å²) in [6, 6.07) is 8.06. The highest BCUT2D eigenvalue weighted by Gasteiger charge is 2.16. The number of benzene rings is 1. The minimum atomic E-state index is 0.159. The van der Waals surface area contributed by atoms with Crippen LogP contribution in [0, 0.1) is 0 Å². The van der Waals surface area contributed by atoms with Gasteiger partial charge in [-0.25, -0.2) is 4.98 Å². The first-order chi connectivity index (χ1) is 8.72. The second kappa shape index (κ2) is 5.98. The first-order valence-electron chi connectivity index (χ1n) is 6.03. The van der Waals surface area contributed by atoms with Crippen LogP contribution in [0.3, 0.4) is 0 Å². The van der Waals surface area contributed by atoms with Gasteiger partial charge < -0.3 is 5.32 Å². The summed E-state index contributed by atoms with van der Waals surface area (Å²) in [7, 11) is 1.90. The van der Waals surface area contributed by atoms with Crippen LogP contribution < -0.4 is 5.32 Å². The summed E-state index contributed by atoms with van der Waals surface area (Å²) in [5, 5.41) is 8.31. The van der Waals surface area contributed by atoms with Crippen molar-refractivity contribution in [3.8, 4) is 0 Å². The van der Waals surface area contributed by atoms with Gasteiger partial charge in [0.1, 0.15) is 12.2 Å². The first-order valence-corrected chi connectivity index (χ1v) is 6.40. The summed E-state index contributed by atoms with van der Waals surface area (Å²) < 4.78 is 1.79. The van der Waals surface area contributed by atoms with E-state index >= 15 is 0 Å². The number of halogens is 1. The molecule has 0 fully saturated rings. The summed E-state index contributed by atoms with van der Waals surface area (Å²) in [6.07, 6.45) is 2.35. The van der Waals surface area contributed by atoms with Gasteiger partial charge in [0, 0.05) is 24.5 Å². The lowest BCUT2D eigenvalue weighted by molar-refractivity contribution is 0.522. The molecule has 1 aromatic heterocycles. The molecular weight excluding hydrogens is 248 g/mol. The predicted octanol–water partition coefficient (Wildman–Crippen LogP) is 2.36. The summed E-state index contributed by atoms with van der Waals surface area (Å²) in [5.41, 5.74) is 1.10. The molecule has 1 heterocycles. The molecule has 18 heavy (non-hydrogen) atoms. The zero-order valence-corrected chi connectivity index (χ0v) is 11.4. The van der Waals surface area contributed by atoms with Crippen molar-refractivity contribution >= 4 is 11.6 Å². The number of hydrogen-bond donors (Lipinski definition) is 1. The summed E-state index contributed by atoms with van der Waals surface area (Å²) in [4.78, 5) is 4.26. The molecule has 1 aromatic carbocycles. The van der Waals surface area contributed by atoms with E-state index in [4.69, 9.17) is 11.6 Å². The first kappa shape index (κ1) is 13.1. The van der Waals surface area contributed by atoms with Crippen LogP contribution in [-0.2, 0) is 13.5 Å². The van der Waals surface area contributed by atoms with Crippen LogP contribution in [0.4, 0.5) is 0 Å². The number of likely N-dealkylation sites (N-methyl/N-ethyl adjacent to an activating group) is 1. The third-order valence-corrected chi connectivity index (χ3v) is 3.27.